The summed E-state index contributed by atoms with van der Waals surface area (Å²) in [5.41, 5.74) is 2.95. The van der Waals surface area contributed by atoms with E-state index in [0.29, 0.717) is 6.10 Å². The Labute approximate surface area is 96.2 Å². The molecule has 1 aliphatic heterocycles. The number of aryl methyl sites for hydroxylation is 1. The molecule has 16 heavy (non-hydrogen) atoms. The Morgan fingerprint density at radius 1 is 1.44 bits per heavy atom. The molecule has 1 atom stereocenters. The van der Waals surface area contributed by atoms with Crippen molar-refractivity contribution in [2.24, 2.45) is 0 Å². The smallest absolute Gasteiger partial charge is 0.0771 e. The van der Waals surface area contributed by atoms with E-state index in [0.717, 1.165) is 36.5 Å². The summed E-state index contributed by atoms with van der Waals surface area (Å²) in [4.78, 5) is 0. The van der Waals surface area contributed by atoms with Crippen LogP contribution in [0.1, 0.15) is 36.2 Å². The molecule has 90 valence electrons. The topological polar surface area (TPSA) is 47.3 Å². The van der Waals surface area contributed by atoms with Crippen LogP contribution in [0.5, 0.6) is 0 Å². The van der Waals surface area contributed by atoms with Crippen LogP contribution in [0, 0.1) is 13.8 Å². The van der Waals surface area contributed by atoms with E-state index >= 15 is 0 Å². The molecule has 0 aliphatic carbocycles. The maximum absolute atomic E-state index is 9.23. The normalized spacial score (nSPS) is 21.3. The van der Waals surface area contributed by atoms with Gasteiger partial charge in [0.1, 0.15) is 0 Å². The number of aromatic nitrogens is 2. The van der Waals surface area contributed by atoms with Crippen molar-refractivity contribution in [2.75, 3.05) is 6.61 Å². The molecule has 1 unspecified atom stereocenters. The first-order valence-corrected chi connectivity index (χ1v) is 5.97. The van der Waals surface area contributed by atoms with Gasteiger partial charge in [-0.15, -0.1) is 0 Å². The van der Waals surface area contributed by atoms with Crippen molar-refractivity contribution in [2.45, 2.75) is 52.4 Å². The van der Waals surface area contributed by atoms with E-state index in [1.165, 1.54) is 12.8 Å². The summed E-state index contributed by atoms with van der Waals surface area (Å²) in [6, 6.07) is 0. The lowest BCUT2D eigenvalue weighted by Gasteiger charge is -2.22. The first-order chi connectivity index (χ1) is 7.72. The Balaban J connectivity index is 2.08. The lowest BCUT2D eigenvalue weighted by Crippen LogP contribution is -2.25. The van der Waals surface area contributed by atoms with Crippen LogP contribution >= 0.6 is 0 Å². The van der Waals surface area contributed by atoms with Crippen molar-refractivity contribution in [3.8, 4) is 0 Å². The predicted octanol–water partition coefficient (Wildman–Crippen LogP) is 1.56. The lowest BCUT2D eigenvalue weighted by molar-refractivity contribution is 0.00358. The van der Waals surface area contributed by atoms with Crippen LogP contribution < -0.4 is 0 Å². The quantitative estimate of drug-likeness (QED) is 0.847. The Hall–Kier alpha value is -0.870. The van der Waals surface area contributed by atoms with Crippen molar-refractivity contribution in [3.05, 3.63) is 17.0 Å². The van der Waals surface area contributed by atoms with E-state index in [1.807, 2.05) is 18.5 Å². The second kappa shape index (κ2) is 4.97. The fourth-order valence-corrected chi connectivity index (χ4v) is 2.28. The number of hydrogen-bond donors (Lipinski definition) is 1. The highest BCUT2D eigenvalue weighted by Gasteiger charge is 2.17. The fraction of sp³-hybridized carbons (Fsp3) is 0.750. The maximum Gasteiger partial charge on any atom is 0.0771 e. The highest BCUT2D eigenvalue weighted by Crippen LogP contribution is 2.18. The van der Waals surface area contributed by atoms with E-state index in [-0.39, 0.29) is 6.61 Å². The van der Waals surface area contributed by atoms with Gasteiger partial charge < -0.3 is 9.84 Å². The summed E-state index contributed by atoms with van der Waals surface area (Å²) in [6.07, 6.45) is 3.83. The van der Waals surface area contributed by atoms with Crippen LogP contribution in [0.3, 0.4) is 0 Å². The van der Waals surface area contributed by atoms with Gasteiger partial charge in [0.25, 0.3) is 0 Å². The van der Waals surface area contributed by atoms with Crippen LogP contribution in [0.25, 0.3) is 0 Å². The standard InChI is InChI=1S/C12H20N2O2/c1-9-12(8-15)10(2)14(13-9)7-11-5-3-4-6-16-11/h11,15H,3-8H2,1-2H3. The molecule has 0 saturated carbocycles. The van der Waals surface area contributed by atoms with Gasteiger partial charge >= 0.3 is 0 Å². The predicted molar refractivity (Wildman–Crippen MR) is 61.2 cm³/mol. The SMILES string of the molecule is Cc1nn(CC2CCCCO2)c(C)c1CO. The minimum absolute atomic E-state index is 0.0726. The zero-order valence-corrected chi connectivity index (χ0v) is 10.1. The fourth-order valence-electron chi connectivity index (χ4n) is 2.28. The molecule has 0 bridgehead atoms. The van der Waals surface area contributed by atoms with Gasteiger partial charge in [-0.2, -0.15) is 5.10 Å². The number of aliphatic hydroxyl groups is 1. The number of aliphatic hydroxyl groups excluding tert-OH is 1. The highest BCUT2D eigenvalue weighted by molar-refractivity contribution is 5.23. The van der Waals surface area contributed by atoms with Gasteiger partial charge in [0.15, 0.2) is 0 Å². The van der Waals surface area contributed by atoms with Crippen molar-refractivity contribution in [1.82, 2.24) is 9.78 Å². The molecular weight excluding hydrogens is 204 g/mol. The van der Waals surface area contributed by atoms with Gasteiger partial charge in [0.05, 0.1) is 24.9 Å². The van der Waals surface area contributed by atoms with Gasteiger partial charge in [-0.25, -0.2) is 0 Å². The van der Waals surface area contributed by atoms with E-state index in [4.69, 9.17) is 4.74 Å². The molecule has 0 radical (unpaired) electrons. The van der Waals surface area contributed by atoms with Crippen LogP contribution in [-0.2, 0) is 17.9 Å². The average molecular weight is 224 g/mol. The summed E-state index contributed by atoms with van der Waals surface area (Å²) < 4.78 is 7.67. The molecule has 4 heteroatoms. The monoisotopic (exact) mass is 224 g/mol. The van der Waals surface area contributed by atoms with E-state index in [2.05, 4.69) is 5.10 Å². The summed E-state index contributed by atoms with van der Waals surface area (Å²) in [5.74, 6) is 0. The van der Waals surface area contributed by atoms with Crippen LogP contribution in [0.15, 0.2) is 0 Å². The molecule has 1 N–H and O–H groups in total. The van der Waals surface area contributed by atoms with Crippen LogP contribution in [0.2, 0.25) is 0 Å². The van der Waals surface area contributed by atoms with Gasteiger partial charge in [-0.05, 0) is 33.1 Å². The molecule has 2 heterocycles. The van der Waals surface area contributed by atoms with Gasteiger partial charge in [0, 0.05) is 17.9 Å². The van der Waals surface area contributed by atoms with E-state index in [9.17, 15) is 5.11 Å². The summed E-state index contributed by atoms with van der Waals surface area (Å²) >= 11 is 0. The zero-order valence-electron chi connectivity index (χ0n) is 10.1. The number of hydrogen-bond acceptors (Lipinski definition) is 3. The van der Waals surface area contributed by atoms with Gasteiger partial charge in [-0.1, -0.05) is 0 Å². The second-order valence-electron chi connectivity index (χ2n) is 4.48. The van der Waals surface area contributed by atoms with Crippen molar-refractivity contribution in [1.29, 1.82) is 0 Å². The van der Waals surface area contributed by atoms with Crippen molar-refractivity contribution < 1.29 is 9.84 Å². The third-order valence-corrected chi connectivity index (χ3v) is 3.34. The minimum atomic E-state index is 0.0726. The number of nitrogens with zero attached hydrogens (tertiary/aromatic N) is 2. The first-order valence-electron chi connectivity index (χ1n) is 5.97. The number of rotatable bonds is 3. The summed E-state index contributed by atoms with van der Waals surface area (Å²) in [6.45, 7) is 5.71. The Morgan fingerprint density at radius 3 is 2.81 bits per heavy atom. The van der Waals surface area contributed by atoms with E-state index < -0.39 is 0 Å². The lowest BCUT2D eigenvalue weighted by atomic mass is 10.1. The van der Waals surface area contributed by atoms with Crippen LogP contribution in [0.4, 0.5) is 0 Å². The molecule has 1 aliphatic rings. The number of ether oxygens (including phenoxy) is 1. The highest BCUT2D eigenvalue weighted by atomic mass is 16.5. The van der Waals surface area contributed by atoms with Crippen LogP contribution in [-0.4, -0.2) is 27.6 Å². The zero-order chi connectivity index (χ0) is 11.5. The molecule has 1 fully saturated rings. The maximum atomic E-state index is 9.23. The van der Waals surface area contributed by atoms with Gasteiger partial charge in [-0.3, -0.25) is 4.68 Å². The molecule has 0 amide bonds. The molecular formula is C12H20N2O2. The molecule has 0 spiro atoms. The molecule has 4 nitrogen and oxygen atoms in total. The molecule has 1 aromatic rings. The van der Waals surface area contributed by atoms with E-state index in [1.54, 1.807) is 0 Å². The Morgan fingerprint density at radius 2 is 2.25 bits per heavy atom. The Bertz CT molecular complexity index is 354. The summed E-state index contributed by atoms with van der Waals surface area (Å²) in [7, 11) is 0. The third kappa shape index (κ3) is 2.28. The largest absolute Gasteiger partial charge is 0.392 e. The second-order valence-corrected chi connectivity index (χ2v) is 4.48. The van der Waals surface area contributed by atoms with Gasteiger partial charge in [0.2, 0.25) is 0 Å². The average Bonchev–Trinajstić information content (AvgIpc) is 2.55. The summed E-state index contributed by atoms with van der Waals surface area (Å²) in [5, 5.41) is 13.7. The first kappa shape index (κ1) is 11.6. The molecule has 1 aromatic heterocycles. The van der Waals surface area contributed by atoms with Crippen molar-refractivity contribution >= 4 is 0 Å². The minimum Gasteiger partial charge on any atom is -0.392 e. The molecule has 1 saturated heterocycles. The van der Waals surface area contributed by atoms with Crippen molar-refractivity contribution in [3.63, 3.8) is 0 Å². The Kier molecular flexibility index (Phi) is 3.61. The molecule has 2 rings (SSSR count). The third-order valence-electron chi connectivity index (χ3n) is 3.34. The molecule has 0 aromatic carbocycles.